The number of benzene rings is 2. The number of fused-ring (bicyclic) bond motifs is 1. The third kappa shape index (κ3) is 5.54. The molecule has 4 rings (SSSR count). The maximum absolute atomic E-state index is 13.8. The number of halogens is 1. The molecule has 2 aromatic carbocycles. The molecule has 1 aliphatic heterocycles. The number of nitrogens with zero attached hydrogens (tertiary/aromatic N) is 2. The second-order valence-electron chi connectivity index (χ2n) is 8.81. The number of hydrogen-bond donors (Lipinski definition) is 0. The fraction of sp³-hybridized carbons (Fsp3) is 0.357. The third-order valence-corrected chi connectivity index (χ3v) is 7.64. The van der Waals surface area contributed by atoms with Gasteiger partial charge >= 0.3 is 0 Å². The lowest BCUT2D eigenvalue weighted by Crippen LogP contribution is -2.49. The van der Waals surface area contributed by atoms with Crippen LogP contribution in [0, 0.1) is 5.82 Å². The number of carbonyl (C=O) groups excluding carboxylic acids is 2. The minimum atomic E-state index is -0.481. The molecule has 190 valence electrons. The van der Waals surface area contributed by atoms with Gasteiger partial charge in [0.25, 0.3) is 5.91 Å². The van der Waals surface area contributed by atoms with Crippen LogP contribution in [0.25, 0.3) is 0 Å². The van der Waals surface area contributed by atoms with Gasteiger partial charge in [-0.3, -0.25) is 9.59 Å². The summed E-state index contributed by atoms with van der Waals surface area (Å²) in [4.78, 5) is 31.6. The molecule has 36 heavy (non-hydrogen) atoms. The van der Waals surface area contributed by atoms with Crippen LogP contribution < -0.4 is 9.47 Å². The van der Waals surface area contributed by atoms with Crippen molar-refractivity contribution < 1.29 is 23.5 Å². The number of para-hydroxylation sites is 2. The molecule has 0 N–H and O–H groups in total. The summed E-state index contributed by atoms with van der Waals surface area (Å²) in [5.74, 6) is 0.237. The molecule has 0 fully saturated rings. The molecule has 0 saturated carbocycles. The minimum absolute atomic E-state index is 0.0883. The van der Waals surface area contributed by atoms with Crippen LogP contribution in [0.3, 0.4) is 0 Å². The maximum atomic E-state index is 13.8. The van der Waals surface area contributed by atoms with Gasteiger partial charge in [-0.15, -0.1) is 11.3 Å². The van der Waals surface area contributed by atoms with E-state index in [9.17, 15) is 14.0 Å². The molecule has 0 aliphatic carbocycles. The average molecular weight is 511 g/mol. The van der Waals surface area contributed by atoms with Crippen LogP contribution in [0.4, 0.5) is 4.39 Å². The van der Waals surface area contributed by atoms with Crippen LogP contribution in [0.2, 0.25) is 0 Å². The molecule has 1 aliphatic rings. The zero-order valence-electron chi connectivity index (χ0n) is 20.8. The summed E-state index contributed by atoms with van der Waals surface area (Å²) < 4.78 is 25.3. The van der Waals surface area contributed by atoms with Crippen LogP contribution in [0.15, 0.2) is 60.0 Å². The number of ether oxygens (including phenoxy) is 2. The number of thiophene rings is 1. The van der Waals surface area contributed by atoms with Gasteiger partial charge in [-0.05, 0) is 67.1 Å². The molecule has 0 bridgehead atoms. The van der Waals surface area contributed by atoms with Gasteiger partial charge in [-0.2, -0.15) is 0 Å². The van der Waals surface area contributed by atoms with Gasteiger partial charge < -0.3 is 19.3 Å². The molecule has 6 nitrogen and oxygen atoms in total. The second kappa shape index (κ2) is 11.6. The zero-order chi connectivity index (χ0) is 25.7. The van der Waals surface area contributed by atoms with Crippen LogP contribution in [-0.2, 0) is 11.2 Å². The van der Waals surface area contributed by atoms with Crippen molar-refractivity contribution in [3.8, 4) is 11.5 Å². The Hall–Kier alpha value is -3.39. The largest absolute Gasteiger partial charge is 0.493 e. The van der Waals surface area contributed by atoms with Crippen LogP contribution in [0.5, 0.6) is 11.5 Å². The highest BCUT2D eigenvalue weighted by atomic mass is 32.1. The minimum Gasteiger partial charge on any atom is -0.493 e. The average Bonchev–Trinajstić information content (AvgIpc) is 3.38. The predicted octanol–water partition coefficient (Wildman–Crippen LogP) is 5.34. The topological polar surface area (TPSA) is 59.1 Å². The molecule has 8 heteroatoms. The van der Waals surface area contributed by atoms with E-state index in [4.69, 9.17) is 9.47 Å². The molecule has 0 radical (unpaired) electrons. The van der Waals surface area contributed by atoms with Crippen molar-refractivity contribution in [2.75, 3.05) is 26.8 Å². The van der Waals surface area contributed by atoms with Crippen molar-refractivity contribution in [2.45, 2.75) is 38.8 Å². The Labute approximate surface area is 215 Å². The summed E-state index contributed by atoms with van der Waals surface area (Å²) in [5.41, 5.74) is 1.30. The molecule has 3 aromatic rings. The SMILES string of the molecule is CC[C@@H](C)N(CC(=O)N1CCc2sccc2[C@H]1COc1ccccc1OC)C(=O)c1cccc(F)c1. The van der Waals surface area contributed by atoms with Crippen molar-refractivity contribution in [1.29, 1.82) is 0 Å². The van der Waals surface area contributed by atoms with Crippen molar-refractivity contribution in [3.63, 3.8) is 0 Å². The number of carbonyl (C=O) groups is 2. The summed E-state index contributed by atoms with van der Waals surface area (Å²) >= 11 is 1.68. The van der Waals surface area contributed by atoms with E-state index in [1.807, 2.05) is 49.6 Å². The van der Waals surface area contributed by atoms with Gasteiger partial charge in [0.1, 0.15) is 19.0 Å². The summed E-state index contributed by atoms with van der Waals surface area (Å²) in [6.07, 6.45) is 1.43. The fourth-order valence-electron chi connectivity index (χ4n) is 4.45. The van der Waals surface area contributed by atoms with E-state index in [2.05, 4.69) is 0 Å². The van der Waals surface area contributed by atoms with Gasteiger partial charge in [-0.25, -0.2) is 4.39 Å². The van der Waals surface area contributed by atoms with Crippen molar-refractivity contribution in [1.82, 2.24) is 9.80 Å². The molecule has 2 atom stereocenters. The van der Waals surface area contributed by atoms with Crippen molar-refractivity contribution in [2.24, 2.45) is 0 Å². The van der Waals surface area contributed by atoms with Gasteiger partial charge in [-0.1, -0.05) is 25.1 Å². The number of hydrogen-bond acceptors (Lipinski definition) is 5. The van der Waals surface area contributed by atoms with E-state index in [1.165, 1.54) is 23.1 Å². The first-order chi connectivity index (χ1) is 17.4. The molecular formula is C28H31FN2O4S. The van der Waals surface area contributed by atoms with Crippen LogP contribution in [-0.4, -0.2) is 54.5 Å². The smallest absolute Gasteiger partial charge is 0.254 e. The summed E-state index contributed by atoms with van der Waals surface area (Å²) in [6.45, 7) is 4.57. The standard InChI is InChI=1S/C28H31FN2O4S/c1-4-19(2)31(28(33)20-8-7-9-21(29)16-20)17-27(32)30-14-12-26-22(13-15-36-26)23(30)18-35-25-11-6-5-10-24(25)34-3/h5-11,13,15-16,19,23H,4,12,14,17-18H2,1-3H3/t19-,23-/m1/s1. The second-order valence-corrected chi connectivity index (χ2v) is 9.82. The Bertz CT molecular complexity index is 1210. The Morgan fingerprint density at radius 2 is 1.94 bits per heavy atom. The summed E-state index contributed by atoms with van der Waals surface area (Å²) in [7, 11) is 1.59. The number of rotatable bonds is 9. The quantitative estimate of drug-likeness (QED) is 0.390. The third-order valence-electron chi connectivity index (χ3n) is 6.64. The lowest BCUT2D eigenvalue weighted by Gasteiger charge is -2.38. The van der Waals surface area contributed by atoms with Crippen LogP contribution >= 0.6 is 11.3 Å². The maximum Gasteiger partial charge on any atom is 0.254 e. The van der Waals surface area contributed by atoms with E-state index < -0.39 is 5.82 Å². The molecule has 2 heterocycles. The van der Waals surface area contributed by atoms with Gasteiger partial charge in [0.05, 0.1) is 13.2 Å². The normalized spacial score (nSPS) is 15.7. The molecular weight excluding hydrogens is 479 g/mol. The highest BCUT2D eigenvalue weighted by Crippen LogP contribution is 2.35. The lowest BCUT2D eigenvalue weighted by molar-refractivity contribution is -0.136. The monoisotopic (exact) mass is 510 g/mol. The molecule has 0 spiro atoms. The Kier molecular flexibility index (Phi) is 8.25. The van der Waals surface area contributed by atoms with Gasteiger partial charge in [0.15, 0.2) is 11.5 Å². The summed E-state index contributed by atoms with van der Waals surface area (Å²) in [6, 6.07) is 14.6. The van der Waals surface area contributed by atoms with Crippen LogP contribution in [0.1, 0.15) is 47.1 Å². The number of amides is 2. The van der Waals surface area contributed by atoms with E-state index >= 15 is 0 Å². The Morgan fingerprint density at radius 3 is 2.67 bits per heavy atom. The first-order valence-electron chi connectivity index (χ1n) is 12.1. The summed E-state index contributed by atoms with van der Waals surface area (Å²) in [5, 5.41) is 2.04. The van der Waals surface area contributed by atoms with E-state index in [0.29, 0.717) is 24.5 Å². The molecule has 0 unspecified atom stereocenters. The lowest BCUT2D eigenvalue weighted by atomic mass is 10.00. The highest BCUT2D eigenvalue weighted by Gasteiger charge is 2.34. The highest BCUT2D eigenvalue weighted by molar-refractivity contribution is 7.10. The predicted molar refractivity (Wildman–Crippen MR) is 138 cm³/mol. The van der Waals surface area contributed by atoms with E-state index in [0.717, 1.165) is 12.0 Å². The Morgan fingerprint density at radius 1 is 1.17 bits per heavy atom. The van der Waals surface area contributed by atoms with Crippen molar-refractivity contribution >= 4 is 23.2 Å². The van der Waals surface area contributed by atoms with E-state index in [-0.39, 0.29) is 42.6 Å². The molecule has 0 saturated heterocycles. The van der Waals surface area contributed by atoms with Gasteiger partial charge in [0, 0.05) is 23.0 Å². The van der Waals surface area contributed by atoms with E-state index in [1.54, 1.807) is 34.3 Å². The molecule has 2 amide bonds. The Balaban J connectivity index is 1.56. The first kappa shape index (κ1) is 25.7. The van der Waals surface area contributed by atoms with Crippen molar-refractivity contribution in [3.05, 3.63) is 81.8 Å². The first-order valence-corrected chi connectivity index (χ1v) is 13.0. The van der Waals surface area contributed by atoms with Gasteiger partial charge in [0.2, 0.25) is 5.91 Å². The fourth-order valence-corrected chi connectivity index (χ4v) is 5.38. The molecule has 1 aromatic heterocycles. The zero-order valence-corrected chi connectivity index (χ0v) is 21.6. The number of methoxy groups -OCH3 is 1.